The lowest BCUT2D eigenvalue weighted by atomic mass is 10.1. The molecule has 0 aromatic carbocycles. The van der Waals surface area contributed by atoms with E-state index in [-0.39, 0.29) is 24.0 Å². The molecule has 2 N–H and O–H groups in total. The van der Waals surface area contributed by atoms with Gasteiger partial charge in [-0.15, -0.1) is 24.0 Å². The van der Waals surface area contributed by atoms with Gasteiger partial charge in [-0.3, -0.25) is 0 Å². The highest BCUT2D eigenvalue weighted by Crippen LogP contribution is 2.31. The van der Waals surface area contributed by atoms with Crippen molar-refractivity contribution >= 4 is 41.3 Å². The fourth-order valence-corrected chi connectivity index (χ4v) is 3.60. The van der Waals surface area contributed by atoms with E-state index in [1.54, 1.807) is 11.3 Å². The van der Waals surface area contributed by atoms with Crippen molar-refractivity contribution in [2.75, 3.05) is 26.2 Å². The third-order valence-corrected chi connectivity index (χ3v) is 5.01. The van der Waals surface area contributed by atoms with Crippen LogP contribution in [-0.2, 0) is 6.54 Å². The second kappa shape index (κ2) is 9.08. The molecule has 1 aliphatic carbocycles. The van der Waals surface area contributed by atoms with Crippen LogP contribution in [0.15, 0.2) is 21.8 Å². The van der Waals surface area contributed by atoms with Crippen LogP contribution in [-0.4, -0.2) is 43.1 Å². The topological polar surface area (TPSA) is 39.7 Å². The van der Waals surface area contributed by atoms with Gasteiger partial charge in [-0.25, -0.2) is 4.99 Å². The van der Waals surface area contributed by atoms with E-state index in [9.17, 15) is 0 Å². The predicted molar refractivity (Wildman–Crippen MR) is 105 cm³/mol. The van der Waals surface area contributed by atoms with Gasteiger partial charge < -0.3 is 15.5 Å². The molecule has 22 heavy (non-hydrogen) atoms. The van der Waals surface area contributed by atoms with Crippen LogP contribution >= 0.6 is 35.3 Å². The quantitative estimate of drug-likeness (QED) is 0.411. The minimum atomic E-state index is 0. The van der Waals surface area contributed by atoms with E-state index in [4.69, 9.17) is 0 Å². The summed E-state index contributed by atoms with van der Waals surface area (Å²) in [5, 5.41) is 11.1. The number of aliphatic imine (C=N–C) groups is 1. The molecule has 1 saturated heterocycles. The first-order valence-corrected chi connectivity index (χ1v) is 9.06. The summed E-state index contributed by atoms with van der Waals surface area (Å²) in [4.78, 5) is 7.34. The third-order valence-electron chi connectivity index (χ3n) is 4.28. The maximum atomic E-state index is 4.67. The average molecular weight is 434 g/mol. The van der Waals surface area contributed by atoms with Crippen LogP contribution in [0.25, 0.3) is 0 Å². The predicted octanol–water partition coefficient (Wildman–Crippen LogP) is 2.91. The van der Waals surface area contributed by atoms with Crippen LogP contribution < -0.4 is 10.6 Å². The van der Waals surface area contributed by atoms with E-state index < -0.39 is 0 Å². The number of rotatable bonds is 6. The molecule has 0 bridgehead atoms. The van der Waals surface area contributed by atoms with Crippen LogP contribution in [0.5, 0.6) is 0 Å². The van der Waals surface area contributed by atoms with Crippen molar-refractivity contribution in [1.29, 1.82) is 0 Å². The normalized spacial score (nSPS) is 22.4. The Labute approximate surface area is 154 Å². The van der Waals surface area contributed by atoms with Crippen molar-refractivity contribution in [3.05, 3.63) is 22.4 Å². The fraction of sp³-hybridized carbons (Fsp3) is 0.688. The Bertz CT molecular complexity index is 459. The number of hydrogen-bond acceptors (Lipinski definition) is 3. The zero-order chi connectivity index (χ0) is 14.5. The summed E-state index contributed by atoms with van der Waals surface area (Å²) in [5.41, 5.74) is 1.29. The highest BCUT2D eigenvalue weighted by Gasteiger charge is 2.34. The second-order valence-corrected chi connectivity index (χ2v) is 6.87. The molecule has 124 valence electrons. The molecule has 1 aromatic heterocycles. The van der Waals surface area contributed by atoms with Crippen molar-refractivity contribution in [1.82, 2.24) is 15.5 Å². The van der Waals surface area contributed by atoms with Gasteiger partial charge in [0.05, 0.1) is 6.54 Å². The molecule has 3 rings (SSSR count). The molecular weight excluding hydrogens is 407 g/mol. The summed E-state index contributed by atoms with van der Waals surface area (Å²) in [6, 6.07) is 3.05. The van der Waals surface area contributed by atoms with E-state index >= 15 is 0 Å². The minimum absolute atomic E-state index is 0. The maximum absolute atomic E-state index is 4.67. The van der Waals surface area contributed by atoms with E-state index in [1.807, 2.05) is 0 Å². The standard InChI is InChI=1S/C16H26N4S.HI/c1-2-17-16(19-10-14-6-8-21-12-14)18-9-13-5-7-20(11-13)15-3-4-15;/h6,8,12-13,15H,2-5,7,9-11H2,1H3,(H2,17,18,19);1H. The van der Waals surface area contributed by atoms with Crippen LogP contribution in [0.2, 0.25) is 0 Å². The minimum Gasteiger partial charge on any atom is -0.357 e. The highest BCUT2D eigenvalue weighted by molar-refractivity contribution is 14.0. The number of guanidine groups is 1. The summed E-state index contributed by atoms with van der Waals surface area (Å²) >= 11 is 1.73. The number of likely N-dealkylation sites (tertiary alicyclic amines) is 1. The largest absolute Gasteiger partial charge is 0.357 e. The average Bonchev–Trinajstić information content (AvgIpc) is 3.03. The molecule has 1 aromatic rings. The summed E-state index contributed by atoms with van der Waals surface area (Å²) in [6.45, 7) is 7.39. The van der Waals surface area contributed by atoms with Gasteiger partial charge in [0.25, 0.3) is 0 Å². The maximum Gasteiger partial charge on any atom is 0.191 e. The van der Waals surface area contributed by atoms with Gasteiger partial charge in [-0.1, -0.05) is 0 Å². The van der Waals surface area contributed by atoms with E-state index in [0.717, 1.165) is 37.6 Å². The Balaban J connectivity index is 0.00000176. The van der Waals surface area contributed by atoms with Gasteiger partial charge in [0.1, 0.15) is 0 Å². The van der Waals surface area contributed by atoms with E-state index in [2.05, 4.69) is 44.3 Å². The Kier molecular flexibility index (Phi) is 7.43. The number of nitrogens with one attached hydrogen (secondary N) is 2. The summed E-state index contributed by atoms with van der Waals surface area (Å²) in [6.07, 6.45) is 4.17. The van der Waals surface area contributed by atoms with Crippen molar-refractivity contribution in [3.63, 3.8) is 0 Å². The molecule has 4 nitrogen and oxygen atoms in total. The van der Waals surface area contributed by atoms with Gasteiger partial charge in [0.15, 0.2) is 5.96 Å². The van der Waals surface area contributed by atoms with Gasteiger partial charge in [-0.2, -0.15) is 11.3 Å². The van der Waals surface area contributed by atoms with Gasteiger partial charge in [0.2, 0.25) is 0 Å². The van der Waals surface area contributed by atoms with Crippen LogP contribution in [0.3, 0.4) is 0 Å². The van der Waals surface area contributed by atoms with Gasteiger partial charge in [-0.05, 0) is 61.0 Å². The highest BCUT2D eigenvalue weighted by atomic mass is 127. The number of thiophene rings is 1. The van der Waals surface area contributed by atoms with E-state index in [0.29, 0.717) is 0 Å². The first kappa shape index (κ1) is 18.0. The van der Waals surface area contributed by atoms with E-state index in [1.165, 1.54) is 37.9 Å². The number of halogens is 1. The molecular formula is C16H27IN4S. The fourth-order valence-electron chi connectivity index (χ4n) is 2.94. The van der Waals surface area contributed by atoms with Gasteiger partial charge in [0, 0.05) is 25.7 Å². The molecule has 1 unspecified atom stereocenters. The van der Waals surface area contributed by atoms with Gasteiger partial charge >= 0.3 is 0 Å². The Hall–Kier alpha value is -0.340. The monoisotopic (exact) mass is 434 g/mol. The molecule has 6 heteroatoms. The Morgan fingerprint density at radius 1 is 1.36 bits per heavy atom. The lowest BCUT2D eigenvalue weighted by Gasteiger charge is -2.17. The van der Waals surface area contributed by atoms with Crippen LogP contribution in [0.4, 0.5) is 0 Å². The lowest BCUT2D eigenvalue weighted by molar-refractivity contribution is 0.314. The first-order valence-electron chi connectivity index (χ1n) is 8.12. The Morgan fingerprint density at radius 3 is 2.91 bits per heavy atom. The third kappa shape index (κ3) is 5.38. The Morgan fingerprint density at radius 2 is 2.23 bits per heavy atom. The summed E-state index contributed by atoms with van der Waals surface area (Å²) in [7, 11) is 0. The molecule has 2 fully saturated rings. The first-order chi connectivity index (χ1) is 10.3. The molecule has 1 saturated carbocycles. The molecule has 2 heterocycles. The summed E-state index contributed by atoms with van der Waals surface area (Å²) in [5.74, 6) is 1.73. The molecule has 2 aliphatic rings. The summed E-state index contributed by atoms with van der Waals surface area (Å²) < 4.78 is 0. The lowest BCUT2D eigenvalue weighted by Crippen LogP contribution is -2.40. The van der Waals surface area contributed by atoms with Crippen LogP contribution in [0, 0.1) is 5.92 Å². The molecule has 0 radical (unpaired) electrons. The van der Waals surface area contributed by atoms with Crippen molar-refractivity contribution in [2.24, 2.45) is 10.9 Å². The second-order valence-electron chi connectivity index (χ2n) is 6.09. The van der Waals surface area contributed by atoms with Crippen molar-refractivity contribution < 1.29 is 0 Å². The number of nitrogens with zero attached hydrogens (tertiary/aromatic N) is 2. The molecule has 1 atom stereocenters. The van der Waals surface area contributed by atoms with Crippen LogP contribution in [0.1, 0.15) is 31.7 Å². The van der Waals surface area contributed by atoms with Crippen molar-refractivity contribution in [3.8, 4) is 0 Å². The molecule has 0 amide bonds. The van der Waals surface area contributed by atoms with Crippen molar-refractivity contribution in [2.45, 2.75) is 38.8 Å². The zero-order valence-electron chi connectivity index (χ0n) is 13.3. The SMILES string of the molecule is CCNC(=NCc1ccsc1)NCC1CCN(C2CC2)C1.I. The zero-order valence-corrected chi connectivity index (χ0v) is 16.4. The smallest absolute Gasteiger partial charge is 0.191 e. The molecule has 1 aliphatic heterocycles. The number of hydrogen-bond donors (Lipinski definition) is 2. The molecule has 0 spiro atoms.